The molecule has 1 aromatic rings. The first-order valence-corrected chi connectivity index (χ1v) is 4.87. The minimum absolute atomic E-state index is 0.0219. The number of hydrogen-bond donors (Lipinski definition) is 2. The Morgan fingerprint density at radius 1 is 1.38 bits per heavy atom. The third kappa shape index (κ3) is 1.64. The maximum absolute atomic E-state index is 6.04. The number of benzene rings is 1. The average molecular weight is 197 g/mol. The fourth-order valence-electron chi connectivity index (χ4n) is 1.60. The summed E-state index contributed by atoms with van der Waals surface area (Å²) in [4.78, 5) is 0. The van der Waals surface area contributed by atoms with Crippen molar-refractivity contribution in [2.45, 2.75) is 18.9 Å². The molecule has 1 aliphatic carbocycles. The van der Waals surface area contributed by atoms with E-state index in [9.17, 15) is 0 Å². The van der Waals surface area contributed by atoms with E-state index in [0.29, 0.717) is 16.6 Å². The van der Waals surface area contributed by atoms with Gasteiger partial charge in [-0.15, -0.1) is 0 Å². The summed E-state index contributed by atoms with van der Waals surface area (Å²) in [5.74, 6) is 0.585. The monoisotopic (exact) mass is 196 g/mol. The van der Waals surface area contributed by atoms with Gasteiger partial charge in [0, 0.05) is 22.3 Å². The van der Waals surface area contributed by atoms with Crippen LogP contribution in [0.5, 0.6) is 0 Å². The second kappa shape index (κ2) is 3.20. The first-order valence-electron chi connectivity index (χ1n) is 4.49. The lowest BCUT2D eigenvalue weighted by atomic mass is 10.0. The van der Waals surface area contributed by atoms with E-state index >= 15 is 0 Å². The van der Waals surface area contributed by atoms with Crippen molar-refractivity contribution in [1.29, 1.82) is 0 Å². The minimum atomic E-state index is 0.0219. The van der Waals surface area contributed by atoms with Gasteiger partial charge in [-0.2, -0.15) is 0 Å². The predicted octanol–water partition coefficient (Wildman–Crippen LogP) is 2.33. The molecule has 13 heavy (non-hydrogen) atoms. The minimum Gasteiger partial charge on any atom is -0.398 e. The molecule has 1 aliphatic rings. The molecule has 0 aromatic heterocycles. The summed E-state index contributed by atoms with van der Waals surface area (Å²) in [6.07, 6.45) is 2.40. The molecule has 1 unspecified atom stereocenters. The van der Waals surface area contributed by atoms with Gasteiger partial charge >= 0.3 is 0 Å². The summed E-state index contributed by atoms with van der Waals surface area (Å²) >= 11 is 6.04. The number of nitrogen functional groups attached to an aromatic ring is 1. The number of halogens is 1. The quantitative estimate of drug-likeness (QED) is 0.714. The molecular weight excluding hydrogens is 184 g/mol. The van der Waals surface area contributed by atoms with Crippen molar-refractivity contribution < 1.29 is 0 Å². The number of rotatable bonds is 2. The summed E-state index contributed by atoms with van der Waals surface area (Å²) < 4.78 is 0. The van der Waals surface area contributed by atoms with Gasteiger partial charge in [0.2, 0.25) is 0 Å². The summed E-state index contributed by atoms with van der Waals surface area (Å²) in [7, 11) is 0. The van der Waals surface area contributed by atoms with Crippen LogP contribution in [0.25, 0.3) is 0 Å². The van der Waals surface area contributed by atoms with Gasteiger partial charge < -0.3 is 11.5 Å². The maximum atomic E-state index is 6.04. The summed E-state index contributed by atoms with van der Waals surface area (Å²) in [5.41, 5.74) is 13.5. The van der Waals surface area contributed by atoms with Crippen LogP contribution in [0.15, 0.2) is 18.2 Å². The van der Waals surface area contributed by atoms with Crippen molar-refractivity contribution in [3.05, 3.63) is 28.8 Å². The van der Waals surface area contributed by atoms with Gasteiger partial charge in [0.1, 0.15) is 0 Å². The predicted molar refractivity (Wildman–Crippen MR) is 55.5 cm³/mol. The van der Waals surface area contributed by atoms with Gasteiger partial charge in [0.05, 0.1) is 0 Å². The second-order valence-electron chi connectivity index (χ2n) is 3.61. The van der Waals surface area contributed by atoms with E-state index in [1.165, 1.54) is 12.8 Å². The third-order valence-electron chi connectivity index (χ3n) is 2.55. The molecule has 0 radical (unpaired) electrons. The van der Waals surface area contributed by atoms with Crippen LogP contribution in [0.3, 0.4) is 0 Å². The van der Waals surface area contributed by atoms with Crippen molar-refractivity contribution in [2.75, 3.05) is 5.73 Å². The highest BCUT2D eigenvalue weighted by molar-refractivity contribution is 6.31. The zero-order chi connectivity index (χ0) is 9.42. The van der Waals surface area contributed by atoms with Crippen LogP contribution in [0.4, 0.5) is 5.69 Å². The van der Waals surface area contributed by atoms with E-state index in [4.69, 9.17) is 23.1 Å². The molecule has 1 atom stereocenters. The van der Waals surface area contributed by atoms with E-state index in [1.807, 2.05) is 18.2 Å². The average Bonchev–Trinajstić information content (AvgIpc) is 2.85. The van der Waals surface area contributed by atoms with E-state index in [1.54, 1.807) is 0 Å². The molecule has 3 heteroatoms. The molecule has 4 N–H and O–H groups in total. The number of hydrogen-bond acceptors (Lipinski definition) is 2. The second-order valence-corrected chi connectivity index (χ2v) is 4.01. The smallest absolute Gasteiger partial charge is 0.0474 e. The highest BCUT2D eigenvalue weighted by Gasteiger charge is 2.31. The van der Waals surface area contributed by atoms with Crippen LogP contribution in [-0.4, -0.2) is 0 Å². The highest BCUT2D eigenvalue weighted by atomic mass is 35.5. The summed E-state index contributed by atoms with van der Waals surface area (Å²) in [6.45, 7) is 0. The largest absolute Gasteiger partial charge is 0.398 e. The Labute approximate surface area is 82.9 Å². The standard InChI is InChI=1S/C10H13ClN2/c11-7-2-1-3-8(12)9(7)10(13)6-4-5-6/h1-3,6,10H,4-5,12-13H2. The third-order valence-corrected chi connectivity index (χ3v) is 2.88. The van der Waals surface area contributed by atoms with Gasteiger partial charge in [0.25, 0.3) is 0 Å². The van der Waals surface area contributed by atoms with Gasteiger partial charge in [0.15, 0.2) is 0 Å². The van der Waals surface area contributed by atoms with Crippen LogP contribution < -0.4 is 11.5 Å². The Morgan fingerprint density at radius 2 is 2.08 bits per heavy atom. The molecule has 2 rings (SSSR count). The zero-order valence-corrected chi connectivity index (χ0v) is 8.09. The Kier molecular flexibility index (Phi) is 2.18. The van der Waals surface area contributed by atoms with Crippen molar-refractivity contribution >= 4 is 17.3 Å². The fraction of sp³-hybridized carbons (Fsp3) is 0.400. The molecule has 2 nitrogen and oxygen atoms in total. The van der Waals surface area contributed by atoms with E-state index in [0.717, 1.165) is 5.56 Å². The molecule has 70 valence electrons. The lowest BCUT2D eigenvalue weighted by Gasteiger charge is -2.14. The molecular formula is C10H13ClN2. The number of nitrogens with two attached hydrogens (primary N) is 2. The Balaban J connectivity index is 2.36. The van der Waals surface area contributed by atoms with Gasteiger partial charge in [-0.3, -0.25) is 0 Å². The lowest BCUT2D eigenvalue weighted by molar-refractivity contribution is 0.635. The van der Waals surface area contributed by atoms with Gasteiger partial charge in [-0.1, -0.05) is 17.7 Å². The molecule has 0 heterocycles. The Hall–Kier alpha value is -0.730. The van der Waals surface area contributed by atoms with Crippen LogP contribution >= 0.6 is 11.6 Å². The van der Waals surface area contributed by atoms with E-state index in [2.05, 4.69) is 0 Å². The summed E-state index contributed by atoms with van der Waals surface area (Å²) in [5, 5.41) is 0.694. The molecule has 0 saturated heterocycles. The first kappa shape index (κ1) is 8.85. The van der Waals surface area contributed by atoms with E-state index < -0.39 is 0 Å². The molecule has 1 saturated carbocycles. The molecule has 0 amide bonds. The van der Waals surface area contributed by atoms with Crippen molar-refractivity contribution in [3.8, 4) is 0 Å². The molecule has 0 spiro atoms. The Morgan fingerprint density at radius 3 is 2.62 bits per heavy atom. The maximum Gasteiger partial charge on any atom is 0.0474 e. The van der Waals surface area contributed by atoms with E-state index in [-0.39, 0.29) is 6.04 Å². The van der Waals surface area contributed by atoms with Crippen LogP contribution in [0, 0.1) is 5.92 Å². The number of anilines is 1. The highest BCUT2D eigenvalue weighted by Crippen LogP contribution is 2.43. The molecule has 1 fully saturated rings. The van der Waals surface area contributed by atoms with Crippen molar-refractivity contribution in [2.24, 2.45) is 11.7 Å². The molecule has 1 aromatic carbocycles. The fourth-order valence-corrected chi connectivity index (χ4v) is 1.90. The van der Waals surface area contributed by atoms with Crippen LogP contribution in [0.2, 0.25) is 5.02 Å². The van der Waals surface area contributed by atoms with Crippen LogP contribution in [0.1, 0.15) is 24.4 Å². The zero-order valence-electron chi connectivity index (χ0n) is 7.33. The molecule has 0 bridgehead atoms. The van der Waals surface area contributed by atoms with Crippen molar-refractivity contribution in [1.82, 2.24) is 0 Å². The van der Waals surface area contributed by atoms with Gasteiger partial charge in [-0.05, 0) is 30.9 Å². The van der Waals surface area contributed by atoms with Gasteiger partial charge in [-0.25, -0.2) is 0 Å². The lowest BCUT2D eigenvalue weighted by Crippen LogP contribution is -2.14. The summed E-state index contributed by atoms with van der Waals surface area (Å²) in [6, 6.07) is 5.56. The normalized spacial score (nSPS) is 18.6. The topological polar surface area (TPSA) is 52.0 Å². The molecule has 0 aliphatic heterocycles. The SMILES string of the molecule is Nc1cccc(Cl)c1C(N)C1CC1. The Bertz CT molecular complexity index is 300. The first-order chi connectivity index (χ1) is 6.20. The van der Waals surface area contributed by atoms with Crippen LogP contribution in [-0.2, 0) is 0 Å². The van der Waals surface area contributed by atoms with Crippen molar-refractivity contribution in [3.63, 3.8) is 0 Å².